The van der Waals surface area contributed by atoms with Gasteiger partial charge in [0.2, 0.25) is 0 Å². The normalized spacial score (nSPS) is 30.7. The molecule has 19 heavy (non-hydrogen) atoms. The van der Waals surface area contributed by atoms with Crippen molar-refractivity contribution in [2.24, 2.45) is 11.8 Å². The second kappa shape index (κ2) is 5.39. The lowest BCUT2D eigenvalue weighted by molar-refractivity contribution is -0.142. The number of aliphatic carboxylic acids is 1. The zero-order chi connectivity index (χ0) is 14.2. The average molecular weight is 268 g/mol. The Kier molecular flexibility index (Phi) is 4.02. The molecular weight excluding hydrogens is 244 g/mol. The number of hydrogen-bond acceptors (Lipinski definition) is 2. The van der Waals surface area contributed by atoms with Gasteiger partial charge in [-0.15, -0.1) is 0 Å². The van der Waals surface area contributed by atoms with Gasteiger partial charge >= 0.3 is 12.0 Å². The van der Waals surface area contributed by atoms with Gasteiger partial charge in [-0.1, -0.05) is 13.8 Å². The van der Waals surface area contributed by atoms with Crippen LogP contribution in [0.2, 0.25) is 0 Å². The summed E-state index contributed by atoms with van der Waals surface area (Å²) in [7, 11) is 0. The van der Waals surface area contributed by atoms with Gasteiger partial charge in [0.1, 0.15) is 0 Å². The summed E-state index contributed by atoms with van der Waals surface area (Å²) in [6.07, 6.45) is 3.33. The van der Waals surface area contributed by atoms with E-state index in [0.29, 0.717) is 12.3 Å². The van der Waals surface area contributed by atoms with E-state index in [1.165, 1.54) is 0 Å². The maximum Gasteiger partial charge on any atom is 0.318 e. The predicted molar refractivity (Wildman–Crippen MR) is 71.8 cm³/mol. The molecule has 0 aliphatic carbocycles. The molecule has 2 heterocycles. The molecule has 0 aromatic heterocycles. The van der Waals surface area contributed by atoms with Crippen LogP contribution in [-0.2, 0) is 4.79 Å². The minimum absolute atomic E-state index is 0.0793. The summed E-state index contributed by atoms with van der Waals surface area (Å²) in [6.45, 7) is 6.26. The van der Waals surface area contributed by atoms with Crippen molar-refractivity contribution in [1.29, 1.82) is 0 Å². The van der Waals surface area contributed by atoms with E-state index < -0.39 is 5.97 Å². The molecule has 0 saturated carbocycles. The lowest BCUT2D eigenvalue weighted by Gasteiger charge is -2.26. The number of rotatable bonds is 4. The zero-order valence-electron chi connectivity index (χ0n) is 11.9. The quantitative estimate of drug-likeness (QED) is 0.820. The van der Waals surface area contributed by atoms with E-state index in [4.69, 9.17) is 0 Å². The van der Waals surface area contributed by atoms with E-state index in [9.17, 15) is 14.7 Å². The van der Waals surface area contributed by atoms with E-state index in [2.05, 4.69) is 19.2 Å². The van der Waals surface area contributed by atoms with Crippen molar-refractivity contribution < 1.29 is 14.7 Å². The summed E-state index contributed by atoms with van der Waals surface area (Å²) in [5.74, 6) is -0.595. The molecule has 2 rings (SSSR count). The van der Waals surface area contributed by atoms with Crippen molar-refractivity contribution in [3.05, 3.63) is 0 Å². The number of nitrogens with zero attached hydrogens (tertiary/aromatic N) is 1. The van der Waals surface area contributed by atoms with Crippen molar-refractivity contribution in [2.75, 3.05) is 0 Å². The smallest absolute Gasteiger partial charge is 0.318 e. The number of carboxylic acid groups (broad SMARTS) is 1. The first-order chi connectivity index (χ1) is 8.90. The Labute approximate surface area is 114 Å². The lowest BCUT2D eigenvalue weighted by Crippen LogP contribution is -2.47. The van der Waals surface area contributed by atoms with Crippen LogP contribution < -0.4 is 5.32 Å². The fourth-order valence-electron chi connectivity index (χ4n) is 3.62. The van der Waals surface area contributed by atoms with Gasteiger partial charge in [-0.3, -0.25) is 4.79 Å². The summed E-state index contributed by atoms with van der Waals surface area (Å²) in [5.41, 5.74) is 0. The monoisotopic (exact) mass is 268 g/mol. The average Bonchev–Trinajstić information content (AvgIpc) is 2.84. The molecule has 2 saturated heterocycles. The lowest BCUT2D eigenvalue weighted by atomic mass is 9.89. The molecule has 0 radical (unpaired) electrons. The first kappa shape index (κ1) is 14.2. The number of hydrogen-bond donors (Lipinski definition) is 2. The Morgan fingerprint density at radius 1 is 1.32 bits per heavy atom. The van der Waals surface area contributed by atoms with Crippen LogP contribution in [0.15, 0.2) is 0 Å². The summed E-state index contributed by atoms with van der Waals surface area (Å²) in [4.78, 5) is 25.2. The van der Waals surface area contributed by atoms with Crippen LogP contribution in [0.3, 0.4) is 0 Å². The highest BCUT2D eigenvalue weighted by Crippen LogP contribution is 2.41. The summed E-state index contributed by atoms with van der Waals surface area (Å²) in [6, 6.07) is 0.0753. The minimum Gasteiger partial charge on any atom is -0.481 e. The highest BCUT2D eigenvalue weighted by molar-refractivity contribution is 5.79. The molecule has 4 unspecified atom stereocenters. The maximum atomic E-state index is 12.3. The topological polar surface area (TPSA) is 69.6 Å². The molecule has 0 aromatic carbocycles. The standard InChI is InChI=1S/C14H24N2O3/c1-8(2)6-9(3)15-14(19)16-10-4-5-12(16)11(7-10)13(17)18/h8-12H,4-7H2,1-3H3,(H,15,19)(H,17,18). The van der Waals surface area contributed by atoms with Gasteiger partial charge in [0.15, 0.2) is 0 Å². The van der Waals surface area contributed by atoms with Crippen LogP contribution in [0.25, 0.3) is 0 Å². The summed E-state index contributed by atoms with van der Waals surface area (Å²) >= 11 is 0. The molecule has 2 aliphatic heterocycles. The SMILES string of the molecule is CC(C)CC(C)NC(=O)N1C2CCC1C(C(=O)O)C2. The Morgan fingerprint density at radius 3 is 2.53 bits per heavy atom. The number of carbonyl (C=O) groups is 2. The minimum atomic E-state index is -0.764. The van der Waals surface area contributed by atoms with Gasteiger partial charge in [-0.25, -0.2) is 4.79 Å². The summed E-state index contributed by atoms with van der Waals surface area (Å²) in [5, 5.41) is 12.2. The highest BCUT2D eigenvalue weighted by atomic mass is 16.4. The summed E-state index contributed by atoms with van der Waals surface area (Å²) < 4.78 is 0. The van der Waals surface area contributed by atoms with Crippen LogP contribution >= 0.6 is 0 Å². The predicted octanol–water partition coefficient (Wildman–Crippen LogP) is 2.07. The molecule has 4 atom stereocenters. The number of fused-ring (bicyclic) bond motifs is 2. The van der Waals surface area contributed by atoms with Crippen LogP contribution in [0, 0.1) is 11.8 Å². The molecule has 0 aromatic rings. The van der Waals surface area contributed by atoms with E-state index in [1.807, 2.05) is 6.92 Å². The van der Waals surface area contributed by atoms with Gasteiger partial charge < -0.3 is 15.3 Å². The van der Waals surface area contributed by atoms with Gasteiger partial charge in [0.25, 0.3) is 0 Å². The van der Waals surface area contributed by atoms with Gasteiger partial charge in [0.05, 0.1) is 5.92 Å². The Hall–Kier alpha value is -1.26. The van der Waals surface area contributed by atoms with E-state index in [0.717, 1.165) is 19.3 Å². The second-order valence-electron chi connectivity index (χ2n) is 6.37. The molecule has 2 bridgehead atoms. The molecule has 2 amide bonds. The Balaban J connectivity index is 1.95. The molecule has 5 nitrogen and oxygen atoms in total. The van der Waals surface area contributed by atoms with Crippen molar-refractivity contribution in [3.8, 4) is 0 Å². The maximum absolute atomic E-state index is 12.3. The van der Waals surface area contributed by atoms with Crippen LogP contribution in [0.5, 0.6) is 0 Å². The number of amides is 2. The Bertz CT molecular complexity index is 370. The number of carboxylic acids is 1. The Morgan fingerprint density at radius 2 is 2.00 bits per heavy atom. The van der Waals surface area contributed by atoms with Crippen LogP contribution in [0.1, 0.15) is 46.5 Å². The molecular formula is C14H24N2O3. The molecule has 5 heteroatoms. The first-order valence-corrected chi connectivity index (χ1v) is 7.21. The molecule has 2 aliphatic rings. The van der Waals surface area contributed by atoms with E-state index >= 15 is 0 Å². The number of nitrogens with one attached hydrogen (secondary N) is 1. The molecule has 2 fully saturated rings. The number of urea groups is 1. The third-order valence-corrected chi connectivity index (χ3v) is 4.28. The van der Waals surface area contributed by atoms with Crippen molar-refractivity contribution >= 4 is 12.0 Å². The van der Waals surface area contributed by atoms with Crippen LogP contribution in [0.4, 0.5) is 4.79 Å². The van der Waals surface area contributed by atoms with Crippen molar-refractivity contribution in [3.63, 3.8) is 0 Å². The number of carbonyl (C=O) groups excluding carboxylic acids is 1. The van der Waals surface area contributed by atoms with Crippen molar-refractivity contribution in [1.82, 2.24) is 10.2 Å². The van der Waals surface area contributed by atoms with Gasteiger partial charge in [-0.2, -0.15) is 0 Å². The van der Waals surface area contributed by atoms with Crippen molar-refractivity contribution in [2.45, 2.75) is 64.6 Å². The van der Waals surface area contributed by atoms with Gasteiger partial charge in [0, 0.05) is 18.1 Å². The van der Waals surface area contributed by atoms with Crippen LogP contribution in [-0.4, -0.2) is 40.1 Å². The highest BCUT2D eigenvalue weighted by Gasteiger charge is 2.51. The second-order valence-corrected chi connectivity index (χ2v) is 6.37. The third kappa shape index (κ3) is 2.85. The molecule has 0 spiro atoms. The molecule has 2 N–H and O–H groups in total. The van der Waals surface area contributed by atoms with E-state index in [1.54, 1.807) is 4.90 Å². The first-order valence-electron chi connectivity index (χ1n) is 7.21. The van der Waals surface area contributed by atoms with E-state index in [-0.39, 0.29) is 30.1 Å². The third-order valence-electron chi connectivity index (χ3n) is 4.28. The fourth-order valence-corrected chi connectivity index (χ4v) is 3.62. The fraction of sp³-hybridized carbons (Fsp3) is 0.857. The largest absolute Gasteiger partial charge is 0.481 e. The molecule has 108 valence electrons. The zero-order valence-corrected chi connectivity index (χ0v) is 11.9. The van der Waals surface area contributed by atoms with Gasteiger partial charge in [-0.05, 0) is 38.5 Å².